The number of rotatable bonds is 5. The van der Waals surface area contributed by atoms with Gasteiger partial charge in [-0.25, -0.2) is 4.39 Å². The largest absolute Gasteiger partial charge is 0.340 e. The molecule has 122 valence electrons. The highest BCUT2D eigenvalue weighted by atomic mass is 35.5. The van der Waals surface area contributed by atoms with E-state index in [0.29, 0.717) is 11.6 Å². The van der Waals surface area contributed by atoms with E-state index in [1.165, 1.54) is 12.1 Å². The summed E-state index contributed by atoms with van der Waals surface area (Å²) in [6.45, 7) is 8.02. The van der Waals surface area contributed by atoms with E-state index in [0.717, 1.165) is 44.6 Å². The molecule has 0 atom stereocenters. The van der Waals surface area contributed by atoms with E-state index < -0.39 is 0 Å². The van der Waals surface area contributed by atoms with E-state index in [4.69, 9.17) is 11.6 Å². The molecule has 1 aromatic rings. The number of hydrogen-bond acceptors (Lipinski definition) is 2. The highest BCUT2D eigenvalue weighted by Crippen LogP contribution is 2.20. The van der Waals surface area contributed by atoms with E-state index in [1.54, 1.807) is 6.07 Å². The molecule has 0 aromatic heterocycles. The van der Waals surface area contributed by atoms with Gasteiger partial charge in [-0.2, -0.15) is 0 Å². The van der Waals surface area contributed by atoms with Crippen molar-refractivity contribution in [3.63, 3.8) is 0 Å². The SMILES string of the molecule is CCC(CC)C(=O)N1CCN(Cc2ccc(F)cc2Cl)CC1. The zero-order chi connectivity index (χ0) is 16.1. The van der Waals surface area contributed by atoms with E-state index >= 15 is 0 Å². The third kappa shape index (κ3) is 4.20. The lowest BCUT2D eigenvalue weighted by atomic mass is 10.0. The van der Waals surface area contributed by atoms with Crippen molar-refractivity contribution >= 4 is 17.5 Å². The number of nitrogens with zero attached hydrogens (tertiary/aromatic N) is 2. The van der Waals surface area contributed by atoms with Crippen molar-refractivity contribution < 1.29 is 9.18 Å². The molecule has 0 N–H and O–H groups in total. The summed E-state index contributed by atoms with van der Waals surface area (Å²) in [4.78, 5) is 16.6. The summed E-state index contributed by atoms with van der Waals surface area (Å²) in [5.41, 5.74) is 0.933. The van der Waals surface area contributed by atoms with Crippen LogP contribution in [0.15, 0.2) is 18.2 Å². The van der Waals surface area contributed by atoms with Crippen molar-refractivity contribution in [2.24, 2.45) is 5.92 Å². The molecular weight excluding hydrogens is 303 g/mol. The van der Waals surface area contributed by atoms with E-state index in [9.17, 15) is 9.18 Å². The molecule has 1 aliphatic heterocycles. The monoisotopic (exact) mass is 326 g/mol. The van der Waals surface area contributed by atoms with Crippen LogP contribution in [0.2, 0.25) is 5.02 Å². The first-order valence-electron chi connectivity index (χ1n) is 8.00. The molecule has 0 saturated carbocycles. The Labute approximate surface area is 137 Å². The highest BCUT2D eigenvalue weighted by Gasteiger charge is 2.25. The second kappa shape index (κ2) is 7.93. The van der Waals surface area contributed by atoms with Gasteiger partial charge in [-0.15, -0.1) is 0 Å². The molecule has 0 bridgehead atoms. The predicted molar refractivity (Wildman–Crippen MR) is 87.3 cm³/mol. The number of hydrogen-bond donors (Lipinski definition) is 0. The van der Waals surface area contributed by atoms with Gasteiger partial charge < -0.3 is 4.90 Å². The Kier molecular flexibility index (Phi) is 6.21. The lowest BCUT2D eigenvalue weighted by Crippen LogP contribution is -2.49. The number of amides is 1. The molecule has 1 amide bonds. The summed E-state index contributed by atoms with van der Waals surface area (Å²) in [5.74, 6) is 0.122. The quantitative estimate of drug-likeness (QED) is 0.826. The first-order chi connectivity index (χ1) is 10.5. The molecule has 3 nitrogen and oxygen atoms in total. The second-order valence-corrected chi connectivity index (χ2v) is 6.26. The summed E-state index contributed by atoms with van der Waals surface area (Å²) < 4.78 is 13.1. The normalized spacial score (nSPS) is 16.3. The molecule has 1 saturated heterocycles. The number of piperazine rings is 1. The van der Waals surface area contributed by atoms with Gasteiger partial charge in [-0.05, 0) is 30.5 Å². The van der Waals surface area contributed by atoms with Gasteiger partial charge in [0, 0.05) is 43.7 Å². The molecule has 1 aliphatic rings. The Hall–Kier alpha value is -1.13. The molecule has 1 heterocycles. The minimum atomic E-state index is -0.311. The van der Waals surface area contributed by atoms with Crippen LogP contribution in [0, 0.1) is 11.7 Å². The van der Waals surface area contributed by atoms with Crippen LogP contribution in [0.3, 0.4) is 0 Å². The van der Waals surface area contributed by atoms with Gasteiger partial charge in [-0.3, -0.25) is 9.69 Å². The molecule has 0 unspecified atom stereocenters. The lowest BCUT2D eigenvalue weighted by molar-refractivity contribution is -0.137. The van der Waals surface area contributed by atoms with Crippen molar-refractivity contribution in [2.45, 2.75) is 33.2 Å². The standard InChI is InChI=1S/C17H24ClFN2O/c1-3-13(4-2)17(22)21-9-7-20(8-10-21)12-14-5-6-15(19)11-16(14)18/h5-6,11,13H,3-4,7-10,12H2,1-2H3. The summed E-state index contributed by atoms with van der Waals surface area (Å²) in [6, 6.07) is 4.53. The Morgan fingerprint density at radius 3 is 2.41 bits per heavy atom. The highest BCUT2D eigenvalue weighted by molar-refractivity contribution is 6.31. The third-order valence-electron chi connectivity index (χ3n) is 4.43. The van der Waals surface area contributed by atoms with Gasteiger partial charge in [0.05, 0.1) is 0 Å². The van der Waals surface area contributed by atoms with Crippen LogP contribution < -0.4 is 0 Å². The van der Waals surface area contributed by atoms with Crippen molar-refractivity contribution in [3.05, 3.63) is 34.6 Å². The van der Waals surface area contributed by atoms with Gasteiger partial charge >= 0.3 is 0 Å². The fourth-order valence-corrected chi connectivity index (χ4v) is 3.14. The minimum Gasteiger partial charge on any atom is -0.340 e. The average Bonchev–Trinajstić information content (AvgIpc) is 2.52. The van der Waals surface area contributed by atoms with Crippen LogP contribution in [-0.4, -0.2) is 41.9 Å². The molecule has 0 radical (unpaired) electrons. The van der Waals surface area contributed by atoms with Crippen LogP contribution in [0.4, 0.5) is 4.39 Å². The molecular formula is C17H24ClFN2O. The Balaban J connectivity index is 1.88. The molecule has 1 aromatic carbocycles. The summed E-state index contributed by atoms with van der Waals surface area (Å²) in [5, 5.41) is 0.468. The average molecular weight is 327 g/mol. The zero-order valence-corrected chi connectivity index (χ0v) is 14.1. The molecule has 22 heavy (non-hydrogen) atoms. The van der Waals surface area contributed by atoms with Crippen LogP contribution in [-0.2, 0) is 11.3 Å². The Morgan fingerprint density at radius 1 is 1.23 bits per heavy atom. The first kappa shape index (κ1) is 17.2. The lowest BCUT2D eigenvalue weighted by Gasteiger charge is -2.36. The van der Waals surface area contributed by atoms with Gasteiger partial charge in [0.1, 0.15) is 5.82 Å². The number of carbonyl (C=O) groups excluding carboxylic acids is 1. The number of carbonyl (C=O) groups is 1. The maximum absolute atomic E-state index is 13.1. The van der Waals surface area contributed by atoms with E-state index in [1.807, 2.05) is 4.90 Å². The van der Waals surface area contributed by atoms with Crippen LogP contribution >= 0.6 is 11.6 Å². The fraction of sp³-hybridized carbons (Fsp3) is 0.588. The topological polar surface area (TPSA) is 23.6 Å². The Bertz CT molecular complexity index is 511. The zero-order valence-electron chi connectivity index (χ0n) is 13.3. The van der Waals surface area contributed by atoms with Crippen molar-refractivity contribution in [1.82, 2.24) is 9.80 Å². The predicted octanol–water partition coefficient (Wildman–Crippen LogP) is 3.56. The van der Waals surface area contributed by atoms with Crippen molar-refractivity contribution in [3.8, 4) is 0 Å². The molecule has 5 heteroatoms. The molecule has 0 aliphatic carbocycles. The maximum atomic E-state index is 13.1. The fourth-order valence-electron chi connectivity index (χ4n) is 2.91. The Morgan fingerprint density at radius 2 is 1.86 bits per heavy atom. The van der Waals surface area contributed by atoms with Crippen LogP contribution in [0.5, 0.6) is 0 Å². The van der Waals surface area contributed by atoms with Crippen LogP contribution in [0.1, 0.15) is 32.3 Å². The first-order valence-corrected chi connectivity index (χ1v) is 8.38. The number of halogens is 2. The number of benzene rings is 1. The molecule has 1 fully saturated rings. The van der Waals surface area contributed by atoms with Crippen LogP contribution in [0.25, 0.3) is 0 Å². The molecule has 0 spiro atoms. The van der Waals surface area contributed by atoms with Crippen molar-refractivity contribution in [2.75, 3.05) is 26.2 Å². The maximum Gasteiger partial charge on any atom is 0.225 e. The van der Waals surface area contributed by atoms with Crippen molar-refractivity contribution in [1.29, 1.82) is 0 Å². The van der Waals surface area contributed by atoms with E-state index in [-0.39, 0.29) is 17.6 Å². The summed E-state index contributed by atoms with van der Waals surface area (Å²) in [6.07, 6.45) is 1.81. The summed E-state index contributed by atoms with van der Waals surface area (Å²) in [7, 11) is 0. The summed E-state index contributed by atoms with van der Waals surface area (Å²) >= 11 is 6.08. The van der Waals surface area contributed by atoms with Gasteiger partial charge in [0.25, 0.3) is 0 Å². The van der Waals surface area contributed by atoms with Gasteiger partial charge in [-0.1, -0.05) is 31.5 Å². The van der Waals surface area contributed by atoms with Gasteiger partial charge in [0.2, 0.25) is 5.91 Å². The van der Waals surface area contributed by atoms with Gasteiger partial charge in [0.15, 0.2) is 0 Å². The second-order valence-electron chi connectivity index (χ2n) is 5.85. The minimum absolute atomic E-state index is 0.151. The van der Waals surface area contributed by atoms with E-state index in [2.05, 4.69) is 18.7 Å². The smallest absolute Gasteiger partial charge is 0.225 e. The third-order valence-corrected chi connectivity index (χ3v) is 4.78. The molecule has 2 rings (SSSR count).